The van der Waals surface area contributed by atoms with Crippen molar-refractivity contribution in [3.05, 3.63) is 58.5 Å². The molecule has 0 radical (unpaired) electrons. The Hall–Kier alpha value is -3.04. The van der Waals surface area contributed by atoms with Crippen molar-refractivity contribution in [2.45, 2.75) is 13.5 Å². The lowest BCUT2D eigenvalue weighted by atomic mass is 10.1. The number of ether oxygens (including phenoxy) is 1. The predicted octanol–water partition coefficient (Wildman–Crippen LogP) is 2.68. The quantitative estimate of drug-likeness (QED) is 0.457. The van der Waals surface area contributed by atoms with Crippen LogP contribution in [0.2, 0.25) is 0 Å². The topological polar surface area (TPSA) is 102 Å². The van der Waals surface area contributed by atoms with E-state index >= 15 is 0 Å². The van der Waals surface area contributed by atoms with Gasteiger partial charge in [-0.3, -0.25) is 9.59 Å². The second-order valence-corrected chi connectivity index (χ2v) is 7.56. The van der Waals surface area contributed by atoms with Crippen LogP contribution in [0.4, 0.5) is 5.00 Å². The van der Waals surface area contributed by atoms with Gasteiger partial charge in [0, 0.05) is 21.9 Å². The number of amides is 2. The van der Waals surface area contributed by atoms with Crippen molar-refractivity contribution >= 4 is 45.5 Å². The van der Waals surface area contributed by atoms with Gasteiger partial charge in [0.15, 0.2) is 12.4 Å². The summed E-state index contributed by atoms with van der Waals surface area (Å²) in [6.07, 6.45) is 3.16. The van der Waals surface area contributed by atoms with Gasteiger partial charge in [0.25, 0.3) is 11.8 Å². The third kappa shape index (κ3) is 4.44. The van der Waals surface area contributed by atoms with Crippen LogP contribution >= 0.6 is 22.7 Å². The number of nitrogens with one attached hydrogen (secondary N) is 1. The first-order valence-electron chi connectivity index (χ1n) is 8.40. The molecule has 0 aliphatic carbocycles. The maximum absolute atomic E-state index is 12.5. The maximum atomic E-state index is 12.5. The molecule has 144 valence electrons. The fraction of sp³-hybridized carbons (Fsp3) is 0.158. The van der Waals surface area contributed by atoms with Gasteiger partial charge in [-0.25, -0.2) is 4.79 Å². The fourth-order valence-electron chi connectivity index (χ4n) is 2.57. The van der Waals surface area contributed by atoms with Crippen molar-refractivity contribution in [1.29, 1.82) is 0 Å². The van der Waals surface area contributed by atoms with E-state index in [9.17, 15) is 14.4 Å². The van der Waals surface area contributed by atoms with E-state index in [1.165, 1.54) is 28.9 Å². The molecule has 0 saturated heterocycles. The Morgan fingerprint density at radius 2 is 2.04 bits per heavy atom. The standard InChI is InChI=1S/C19H17N3O4S2/c1-2-26-19(25)16-13(14-6-4-8-27-14)11-28-18(16)21-15(23)10-22-7-3-5-12(9-22)17(20)24/h3-9,11H,2,10H2,1H3,(H2-,20,21,23,24,25)/p+1. The van der Waals surface area contributed by atoms with Crippen LogP contribution in [0.15, 0.2) is 47.4 Å². The van der Waals surface area contributed by atoms with Gasteiger partial charge in [-0.05, 0) is 24.4 Å². The van der Waals surface area contributed by atoms with Crippen LogP contribution in [0.25, 0.3) is 10.4 Å². The number of rotatable bonds is 7. The highest BCUT2D eigenvalue weighted by Gasteiger charge is 2.24. The highest BCUT2D eigenvalue weighted by molar-refractivity contribution is 7.17. The normalized spacial score (nSPS) is 10.5. The van der Waals surface area contributed by atoms with Gasteiger partial charge in [-0.2, -0.15) is 4.57 Å². The summed E-state index contributed by atoms with van der Waals surface area (Å²) in [6, 6.07) is 7.01. The molecular weight excluding hydrogens is 398 g/mol. The number of pyridine rings is 1. The number of esters is 1. The van der Waals surface area contributed by atoms with Crippen molar-refractivity contribution in [2.24, 2.45) is 5.73 Å². The van der Waals surface area contributed by atoms with E-state index in [0.717, 1.165) is 10.4 Å². The second kappa shape index (κ2) is 8.77. The molecule has 9 heteroatoms. The van der Waals surface area contributed by atoms with E-state index in [1.54, 1.807) is 29.8 Å². The first-order valence-corrected chi connectivity index (χ1v) is 10.2. The Morgan fingerprint density at radius 3 is 2.71 bits per heavy atom. The molecule has 0 aliphatic rings. The average Bonchev–Trinajstić information content (AvgIpc) is 3.31. The lowest BCUT2D eigenvalue weighted by Crippen LogP contribution is -2.40. The highest BCUT2D eigenvalue weighted by Crippen LogP contribution is 2.38. The minimum absolute atomic E-state index is 0.0321. The number of hydrogen-bond donors (Lipinski definition) is 2. The lowest BCUT2D eigenvalue weighted by Gasteiger charge is -2.07. The summed E-state index contributed by atoms with van der Waals surface area (Å²) in [4.78, 5) is 37.2. The number of nitrogens with zero attached hydrogens (tertiary/aromatic N) is 1. The van der Waals surface area contributed by atoms with Crippen LogP contribution in [0.5, 0.6) is 0 Å². The molecule has 3 rings (SSSR count). The molecule has 0 aromatic carbocycles. The van der Waals surface area contributed by atoms with Crippen LogP contribution in [0, 0.1) is 0 Å². The molecule has 0 fully saturated rings. The van der Waals surface area contributed by atoms with Gasteiger partial charge in [0.05, 0.1) is 6.61 Å². The summed E-state index contributed by atoms with van der Waals surface area (Å²) in [6.45, 7) is 1.94. The number of primary amides is 1. The molecule has 0 atom stereocenters. The first kappa shape index (κ1) is 19.7. The monoisotopic (exact) mass is 416 g/mol. The third-order valence-electron chi connectivity index (χ3n) is 3.78. The van der Waals surface area contributed by atoms with Gasteiger partial charge < -0.3 is 15.8 Å². The summed E-state index contributed by atoms with van der Waals surface area (Å²) < 4.78 is 6.72. The predicted molar refractivity (Wildman–Crippen MR) is 107 cm³/mol. The van der Waals surface area contributed by atoms with Crippen molar-refractivity contribution in [3.63, 3.8) is 0 Å². The molecule has 28 heavy (non-hydrogen) atoms. The van der Waals surface area contributed by atoms with Gasteiger partial charge in [-0.15, -0.1) is 22.7 Å². The lowest BCUT2D eigenvalue weighted by molar-refractivity contribution is -0.684. The molecule has 0 unspecified atom stereocenters. The Labute approximate surface area is 169 Å². The number of carbonyl (C=O) groups is 3. The molecule has 3 aromatic rings. The zero-order valence-electron chi connectivity index (χ0n) is 15.0. The molecule has 0 saturated carbocycles. The van der Waals surface area contributed by atoms with E-state index < -0.39 is 11.9 Å². The summed E-state index contributed by atoms with van der Waals surface area (Å²) in [5.74, 6) is -1.39. The Morgan fingerprint density at radius 1 is 1.21 bits per heavy atom. The van der Waals surface area contributed by atoms with E-state index in [2.05, 4.69) is 5.32 Å². The van der Waals surface area contributed by atoms with E-state index in [1.807, 2.05) is 22.9 Å². The van der Waals surface area contributed by atoms with Crippen molar-refractivity contribution < 1.29 is 23.7 Å². The van der Waals surface area contributed by atoms with Gasteiger partial charge in [0.2, 0.25) is 6.54 Å². The second-order valence-electron chi connectivity index (χ2n) is 5.73. The summed E-state index contributed by atoms with van der Waals surface area (Å²) in [7, 11) is 0. The SMILES string of the molecule is CCOC(=O)c1c(-c2cccs2)csc1NC(=O)C[n+]1cccc(C(N)=O)c1. The van der Waals surface area contributed by atoms with E-state index in [-0.39, 0.29) is 19.1 Å². The summed E-state index contributed by atoms with van der Waals surface area (Å²) in [5.41, 5.74) is 6.65. The van der Waals surface area contributed by atoms with Gasteiger partial charge >= 0.3 is 5.97 Å². The van der Waals surface area contributed by atoms with Crippen molar-refractivity contribution in [2.75, 3.05) is 11.9 Å². The smallest absolute Gasteiger partial charge is 0.341 e. The fourth-order valence-corrected chi connectivity index (χ4v) is 4.35. The molecule has 0 aliphatic heterocycles. The Balaban J connectivity index is 1.83. The minimum atomic E-state index is -0.571. The minimum Gasteiger partial charge on any atom is -0.462 e. The van der Waals surface area contributed by atoms with E-state index in [4.69, 9.17) is 10.5 Å². The summed E-state index contributed by atoms with van der Waals surface area (Å²) in [5, 5.41) is 6.95. The van der Waals surface area contributed by atoms with Crippen molar-refractivity contribution in [1.82, 2.24) is 0 Å². The zero-order chi connectivity index (χ0) is 20.1. The molecule has 3 heterocycles. The summed E-state index contributed by atoms with van der Waals surface area (Å²) >= 11 is 2.77. The highest BCUT2D eigenvalue weighted by atomic mass is 32.1. The first-order chi connectivity index (χ1) is 13.5. The number of aromatic nitrogens is 1. The molecule has 7 nitrogen and oxygen atoms in total. The van der Waals surface area contributed by atoms with Crippen LogP contribution in [0.3, 0.4) is 0 Å². The largest absolute Gasteiger partial charge is 0.462 e. The zero-order valence-corrected chi connectivity index (χ0v) is 16.6. The van der Waals surface area contributed by atoms with Crippen LogP contribution < -0.4 is 15.6 Å². The van der Waals surface area contributed by atoms with Crippen LogP contribution in [0.1, 0.15) is 27.6 Å². The molecule has 3 aromatic heterocycles. The number of carbonyl (C=O) groups excluding carboxylic acids is 3. The molecule has 0 bridgehead atoms. The number of hydrogen-bond acceptors (Lipinski definition) is 6. The Kier molecular flexibility index (Phi) is 6.17. The number of nitrogens with two attached hydrogens (primary N) is 1. The number of anilines is 1. The van der Waals surface area contributed by atoms with Gasteiger partial charge in [0.1, 0.15) is 16.1 Å². The maximum Gasteiger partial charge on any atom is 0.341 e. The van der Waals surface area contributed by atoms with Crippen LogP contribution in [-0.4, -0.2) is 24.4 Å². The molecule has 0 spiro atoms. The van der Waals surface area contributed by atoms with E-state index in [0.29, 0.717) is 16.1 Å². The number of thiophene rings is 2. The Bertz CT molecular complexity index is 1010. The van der Waals surface area contributed by atoms with Gasteiger partial charge in [-0.1, -0.05) is 6.07 Å². The molecule has 2 amide bonds. The molecule has 3 N–H and O–H groups in total. The van der Waals surface area contributed by atoms with Crippen molar-refractivity contribution in [3.8, 4) is 10.4 Å². The van der Waals surface area contributed by atoms with Crippen LogP contribution in [-0.2, 0) is 16.1 Å². The third-order valence-corrected chi connectivity index (χ3v) is 5.58. The molecular formula is C19H18N3O4S2+. The average molecular weight is 417 g/mol.